The van der Waals surface area contributed by atoms with E-state index in [0.29, 0.717) is 6.42 Å². The quantitative estimate of drug-likeness (QED) is 0.278. The third kappa shape index (κ3) is 5.77. The Kier molecular flexibility index (Phi) is 6.91. The van der Waals surface area contributed by atoms with Gasteiger partial charge in [-0.1, -0.05) is 91.0 Å². The minimum Gasteiger partial charge on any atom is -0.295 e. The van der Waals surface area contributed by atoms with Crippen LogP contribution in [0.4, 0.5) is 13.2 Å². The average molecular weight is 434 g/mol. The van der Waals surface area contributed by atoms with Crippen molar-refractivity contribution < 1.29 is 13.2 Å². The van der Waals surface area contributed by atoms with Gasteiger partial charge < -0.3 is 0 Å². The lowest BCUT2D eigenvalue weighted by molar-refractivity contribution is -0.137. The fourth-order valence-electron chi connectivity index (χ4n) is 4.14. The van der Waals surface area contributed by atoms with Crippen molar-refractivity contribution in [1.29, 1.82) is 0 Å². The second-order valence-corrected chi connectivity index (χ2v) is 8.14. The van der Waals surface area contributed by atoms with Crippen molar-refractivity contribution in [3.8, 4) is 0 Å². The minimum absolute atomic E-state index is 0.577. The Balaban J connectivity index is 1.48. The van der Waals surface area contributed by atoms with E-state index in [0.717, 1.165) is 37.7 Å². The van der Waals surface area contributed by atoms with Crippen molar-refractivity contribution >= 4 is 10.8 Å². The lowest BCUT2D eigenvalue weighted by Crippen LogP contribution is -2.24. The first-order chi connectivity index (χ1) is 15.5. The first-order valence-corrected chi connectivity index (χ1v) is 10.9. The molecule has 4 aromatic carbocycles. The van der Waals surface area contributed by atoms with Crippen molar-refractivity contribution in [2.45, 2.75) is 32.1 Å². The fourth-order valence-corrected chi connectivity index (χ4v) is 4.14. The first-order valence-electron chi connectivity index (χ1n) is 10.9. The van der Waals surface area contributed by atoms with Gasteiger partial charge in [0.2, 0.25) is 0 Å². The molecule has 0 fully saturated rings. The number of fused-ring (bicyclic) bond motifs is 1. The molecule has 4 heteroatoms. The first kappa shape index (κ1) is 22.1. The van der Waals surface area contributed by atoms with Crippen LogP contribution in [0.5, 0.6) is 0 Å². The van der Waals surface area contributed by atoms with E-state index in [1.165, 1.54) is 34.0 Å². The third-order valence-corrected chi connectivity index (χ3v) is 5.72. The van der Waals surface area contributed by atoms with Crippen LogP contribution in [-0.2, 0) is 25.7 Å². The summed E-state index contributed by atoms with van der Waals surface area (Å²) in [6.45, 7) is 2.39. The lowest BCUT2D eigenvalue weighted by atomic mass is 10.0. The van der Waals surface area contributed by atoms with Gasteiger partial charge in [-0.3, -0.25) is 4.90 Å². The number of benzene rings is 4. The van der Waals surface area contributed by atoms with Gasteiger partial charge in [-0.25, -0.2) is 0 Å². The molecule has 0 atom stereocenters. The van der Waals surface area contributed by atoms with E-state index in [1.54, 1.807) is 6.07 Å². The van der Waals surface area contributed by atoms with E-state index in [1.807, 2.05) is 24.3 Å². The summed E-state index contributed by atoms with van der Waals surface area (Å²) in [5.41, 5.74) is 2.64. The summed E-state index contributed by atoms with van der Waals surface area (Å²) in [7, 11) is 0. The molecule has 4 aromatic rings. The number of halogens is 3. The van der Waals surface area contributed by atoms with E-state index < -0.39 is 11.7 Å². The Morgan fingerprint density at radius 2 is 1.34 bits per heavy atom. The summed E-state index contributed by atoms with van der Waals surface area (Å²) in [6.07, 6.45) is -2.90. The molecule has 164 valence electrons. The van der Waals surface area contributed by atoms with Crippen LogP contribution in [-0.4, -0.2) is 11.4 Å². The van der Waals surface area contributed by atoms with Crippen molar-refractivity contribution in [3.05, 3.63) is 119 Å². The molecule has 4 rings (SSSR count). The topological polar surface area (TPSA) is 3.24 Å². The van der Waals surface area contributed by atoms with Gasteiger partial charge in [-0.15, -0.1) is 0 Å². The minimum atomic E-state index is -4.30. The number of alkyl halides is 3. The van der Waals surface area contributed by atoms with Gasteiger partial charge in [0.05, 0.1) is 5.56 Å². The zero-order valence-corrected chi connectivity index (χ0v) is 17.9. The van der Waals surface area contributed by atoms with E-state index in [-0.39, 0.29) is 0 Å². The van der Waals surface area contributed by atoms with Gasteiger partial charge in [0, 0.05) is 13.1 Å². The Bertz CT molecular complexity index is 1150. The van der Waals surface area contributed by atoms with Crippen LogP contribution < -0.4 is 0 Å². The molecule has 0 saturated carbocycles. The summed E-state index contributed by atoms with van der Waals surface area (Å²) in [5.74, 6) is 0. The van der Waals surface area contributed by atoms with Gasteiger partial charge in [0.1, 0.15) is 0 Å². The molecule has 32 heavy (non-hydrogen) atoms. The van der Waals surface area contributed by atoms with Gasteiger partial charge in [0.15, 0.2) is 0 Å². The van der Waals surface area contributed by atoms with Crippen molar-refractivity contribution in [2.75, 3.05) is 6.54 Å². The number of hydrogen-bond acceptors (Lipinski definition) is 1. The van der Waals surface area contributed by atoms with E-state index in [2.05, 4.69) is 53.4 Å². The predicted molar refractivity (Wildman–Crippen MR) is 124 cm³/mol. The zero-order chi connectivity index (χ0) is 22.4. The molecule has 0 spiro atoms. The maximum atomic E-state index is 13.0. The second kappa shape index (κ2) is 10.0. The number of aryl methyl sites for hydroxylation is 1. The monoisotopic (exact) mass is 433 g/mol. The maximum absolute atomic E-state index is 13.0. The molecular weight excluding hydrogens is 407 g/mol. The van der Waals surface area contributed by atoms with Gasteiger partial charge >= 0.3 is 6.18 Å². The molecule has 0 aliphatic rings. The van der Waals surface area contributed by atoms with Crippen LogP contribution in [0.2, 0.25) is 0 Å². The average Bonchev–Trinajstić information content (AvgIpc) is 2.80. The Morgan fingerprint density at radius 3 is 2.16 bits per heavy atom. The molecule has 0 aromatic heterocycles. The highest BCUT2D eigenvalue weighted by atomic mass is 19.4. The number of hydrogen-bond donors (Lipinski definition) is 0. The highest BCUT2D eigenvalue weighted by Crippen LogP contribution is 2.30. The largest absolute Gasteiger partial charge is 0.416 e. The molecule has 0 heterocycles. The van der Waals surface area contributed by atoms with Gasteiger partial charge in [0.25, 0.3) is 0 Å². The summed E-state index contributed by atoms with van der Waals surface area (Å²) in [6, 6.07) is 30.7. The third-order valence-electron chi connectivity index (χ3n) is 5.72. The second-order valence-electron chi connectivity index (χ2n) is 8.14. The fraction of sp³-hybridized carbons (Fsp3) is 0.214. The Labute approximate surface area is 187 Å². The number of nitrogens with zero attached hydrogens (tertiary/aromatic N) is 1. The Morgan fingerprint density at radius 1 is 0.656 bits per heavy atom. The molecule has 0 aliphatic carbocycles. The molecular formula is C28H26F3N. The number of rotatable bonds is 8. The van der Waals surface area contributed by atoms with Gasteiger partial charge in [-0.05, 0) is 52.9 Å². The van der Waals surface area contributed by atoms with E-state index in [4.69, 9.17) is 0 Å². The van der Waals surface area contributed by atoms with E-state index >= 15 is 0 Å². The molecule has 1 nitrogen and oxygen atoms in total. The lowest BCUT2D eigenvalue weighted by Gasteiger charge is -2.23. The van der Waals surface area contributed by atoms with Crippen molar-refractivity contribution in [3.63, 3.8) is 0 Å². The standard InChI is InChI=1S/C28H26F3N/c29-28(30,31)26-16-6-11-22(19-26)12-8-18-32(20-23-9-2-1-3-10-23)21-25-15-7-14-24-13-4-5-17-27(24)25/h1-7,9-11,13-17,19H,8,12,18,20-21H2. The molecule has 0 N–H and O–H groups in total. The van der Waals surface area contributed by atoms with Crippen LogP contribution in [0.1, 0.15) is 28.7 Å². The Hall–Kier alpha value is -3.11. The zero-order valence-electron chi connectivity index (χ0n) is 17.9. The normalized spacial score (nSPS) is 11.9. The van der Waals surface area contributed by atoms with Crippen molar-refractivity contribution in [2.24, 2.45) is 0 Å². The SMILES string of the molecule is FC(F)(F)c1cccc(CCCN(Cc2ccccc2)Cc2cccc3ccccc23)c1. The van der Waals surface area contributed by atoms with Crippen molar-refractivity contribution in [1.82, 2.24) is 4.90 Å². The maximum Gasteiger partial charge on any atom is 0.416 e. The highest BCUT2D eigenvalue weighted by Gasteiger charge is 2.30. The van der Waals surface area contributed by atoms with Crippen LogP contribution in [0, 0.1) is 0 Å². The van der Waals surface area contributed by atoms with E-state index in [9.17, 15) is 13.2 Å². The van der Waals surface area contributed by atoms with Gasteiger partial charge in [-0.2, -0.15) is 13.2 Å². The van der Waals surface area contributed by atoms with Crippen LogP contribution >= 0.6 is 0 Å². The smallest absolute Gasteiger partial charge is 0.295 e. The predicted octanol–water partition coefficient (Wildman–Crippen LogP) is 7.49. The van der Waals surface area contributed by atoms with Crippen LogP contribution in [0.25, 0.3) is 10.8 Å². The summed E-state index contributed by atoms with van der Waals surface area (Å²) in [5, 5.41) is 2.46. The molecule has 0 aliphatic heterocycles. The molecule has 0 unspecified atom stereocenters. The summed E-state index contributed by atoms with van der Waals surface area (Å²) in [4.78, 5) is 2.38. The summed E-state index contributed by atoms with van der Waals surface area (Å²) < 4.78 is 39.1. The molecule has 0 amide bonds. The highest BCUT2D eigenvalue weighted by molar-refractivity contribution is 5.85. The summed E-state index contributed by atoms with van der Waals surface area (Å²) >= 11 is 0. The molecule has 0 saturated heterocycles. The van der Waals surface area contributed by atoms with Crippen LogP contribution in [0.15, 0.2) is 97.1 Å². The van der Waals surface area contributed by atoms with Crippen LogP contribution in [0.3, 0.4) is 0 Å². The molecule has 0 radical (unpaired) electrons. The molecule has 0 bridgehead atoms.